The van der Waals surface area contributed by atoms with E-state index in [0.717, 1.165) is 0 Å². The van der Waals surface area contributed by atoms with Crippen LogP contribution in [-0.2, 0) is 9.59 Å². The van der Waals surface area contributed by atoms with Crippen LogP contribution in [-0.4, -0.2) is 33.8 Å². The molecule has 0 fully saturated rings. The molecule has 7 nitrogen and oxygen atoms in total. The van der Waals surface area contributed by atoms with Gasteiger partial charge >= 0.3 is 5.97 Å². The molecule has 0 aliphatic carbocycles. The van der Waals surface area contributed by atoms with Gasteiger partial charge in [-0.2, -0.15) is 5.01 Å². The average molecular weight is 354 g/mol. The number of imide groups is 1. The van der Waals surface area contributed by atoms with Gasteiger partial charge in [0.15, 0.2) is 0 Å². The summed E-state index contributed by atoms with van der Waals surface area (Å²) >= 11 is 0. The van der Waals surface area contributed by atoms with Gasteiger partial charge in [0.1, 0.15) is 0 Å². The third-order valence-electron chi connectivity index (χ3n) is 3.50. The molecular formula is C19H18N2O5. The molecule has 2 N–H and O–H groups in total. The third-order valence-corrected chi connectivity index (χ3v) is 3.50. The van der Waals surface area contributed by atoms with Gasteiger partial charge in [-0.3, -0.25) is 24.6 Å². The Morgan fingerprint density at radius 2 is 1.35 bits per heavy atom. The molecule has 2 rings (SSSR count). The Balaban J connectivity index is 2.17. The number of carbonyl (C=O) groups is 4. The van der Waals surface area contributed by atoms with Gasteiger partial charge in [-0.05, 0) is 30.7 Å². The fourth-order valence-electron chi connectivity index (χ4n) is 2.19. The van der Waals surface area contributed by atoms with Crippen LogP contribution in [0.5, 0.6) is 0 Å². The summed E-state index contributed by atoms with van der Waals surface area (Å²) in [5.41, 5.74) is 2.84. The Labute approximate surface area is 150 Å². The van der Waals surface area contributed by atoms with Crippen molar-refractivity contribution >= 4 is 23.7 Å². The van der Waals surface area contributed by atoms with Crippen LogP contribution in [0.2, 0.25) is 0 Å². The number of benzene rings is 2. The molecule has 0 saturated carbocycles. The first-order chi connectivity index (χ1) is 12.5. The molecule has 0 saturated heterocycles. The highest BCUT2D eigenvalue weighted by atomic mass is 16.4. The number of nitrogens with zero attached hydrogens (tertiary/aromatic N) is 1. The summed E-state index contributed by atoms with van der Waals surface area (Å²) < 4.78 is 0. The van der Waals surface area contributed by atoms with E-state index in [1.807, 2.05) is 0 Å². The number of hydrogen-bond acceptors (Lipinski definition) is 4. The topological polar surface area (TPSA) is 104 Å². The number of hydrazine groups is 1. The summed E-state index contributed by atoms with van der Waals surface area (Å²) in [6, 6.07) is 16.2. The molecule has 0 heterocycles. The van der Waals surface area contributed by atoms with Gasteiger partial charge in [-0.15, -0.1) is 0 Å². The maximum atomic E-state index is 12.6. The van der Waals surface area contributed by atoms with Crippen molar-refractivity contribution in [3.63, 3.8) is 0 Å². The van der Waals surface area contributed by atoms with Gasteiger partial charge in [-0.25, -0.2) is 0 Å². The number of amides is 3. The molecule has 0 atom stereocenters. The molecule has 0 unspecified atom stereocenters. The Kier molecular flexibility index (Phi) is 6.61. The fraction of sp³-hybridized carbons (Fsp3) is 0.158. The first-order valence-electron chi connectivity index (χ1n) is 7.99. The lowest BCUT2D eigenvalue weighted by atomic mass is 10.2. The highest BCUT2D eigenvalue weighted by Crippen LogP contribution is 2.08. The van der Waals surface area contributed by atoms with Gasteiger partial charge in [0.25, 0.3) is 11.8 Å². The van der Waals surface area contributed by atoms with Crippen molar-refractivity contribution in [2.75, 3.05) is 0 Å². The van der Waals surface area contributed by atoms with Gasteiger partial charge in [0, 0.05) is 24.0 Å². The maximum absolute atomic E-state index is 12.6. The molecular weight excluding hydrogens is 336 g/mol. The largest absolute Gasteiger partial charge is 0.481 e. The van der Waals surface area contributed by atoms with Crippen molar-refractivity contribution in [2.45, 2.75) is 19.3 Å². The van der Waals surface area contributed by atoms with Crippen LogP contribution in [0.25, 0.3) is 0 Å². The molecule has 0 spiro atoms. The van der Waals surface area contributed by atoms with E-state index in [2.05, 4.69) is 5.43 Å². The van der Waals surface area contributed by atoms with Crippen LogP contribution < -0.4 is 5.43 Å². The second-order valence-corrected chi connectivity index (χ2v) is 5.45. The molecule has 3 amide bonds. The highest BCUT2D eigenvalue weighted by molar-refractivity contribution is 6.07. The third kappa shape index (κ3) is 5.27. The summed E-state index contributed by atoms with van der Waals surface area (Å²) in [4.78, 5) is 48.0. The molecule has 2 aromatic carbocycles. The standard InChI is InChI=1S/C19H18N2O5/c22-16(12-7-13-17(23)24)21(19(26)15-10-5-2-6-11-15)20-18(25)14-8-3-1-4-9-14/h1-6,8-11H,7,12-13H2,(H,20,25)(H,23,24). The van der Waals surface area contributed by atoms with E-state index >= 15 is 0 Å². The zero-order valence-electron chi connectivity index (χ0n) is 13.9. The number of hydrogen-bond donors (Lipinski definition) is 2. The molecule has 2 aromatic rings. The summed E-state index contributed by atoms with van der Waals surface area (Å²) in [7, 11) is 0. The van der Waals surface area contributed by atoms with Crippen LogP contribution in [0.1, 0.15) is 40.0 Å². The lowest BCUT2D eigenvalue weighted by Gasteiger charge is -2.21. The summed E-state index contributed by atoms with van der Waals surface area (Å²) in [5, 5.41) is 9.33. The smallest absolute Gasteiger partial charge is 0.303 e. The van der Waals surface area contributed by atoms with Crippen LogP contribution in [0.15, 0.2) is 60.7 Å². The van der Waals surface area contributed by atoms with Gasteiger partial charge in [-0.1, -0.05) is 36.4 Å². The van der Waals surface area contributed by atoms with E-state index in [4.69, 9.17) is 5.11 Å². The number of carboxylic acid groups (broad SMARTS) is 1. The summed E-state index contributed by atoms with van der Waals surface area (Å²) in [6.45, 7) is 0. The Bertz CT molecular complexity index is 790. The maximum Gasteiger partial charge on any atom is 0.303 e. The van der Waals surface area contributed by atoms with Crippen LogP contribution in [0, 0.1) is 0 Å². The Hall–Kier alpha value is -3.48. The van der Waals surface area contributed by atoms with Crippen molar-refractivity contribution in [1.82, 2.24) is 10.4 Å². The van der Waals surface area contributed by atoms with Crippen molar-refractivity contribution in [2.24, 2.45) is 0 Å². The number of aliphatic carboxylic acids is 1. The van der Waals surface area contributed by atoms with Crippen molar-refractivity contribution in [3.8, 4) is 0 Å². The predicted molar refractivity (Wildman–Crippen MR) is 93.0 cm³/mol. The normalized spacial score (nSPS) is 10.0. The summed E-state index contributed by atoms with van der Waals surface area (Å²) in [6.07, 6.45) is -0.320. The first kappa shape index (κ1) is 18.9. The average Bonchev–Trinajstić information content (AvgIpc) is 2.66. The van der Waals surface area contributed by atoms with Gasteiger partial charge < -0.3 is 5.11 Å². The number of rotatable bonds is 6. The van der Waals surface area contributed by atoms with Gasteiger partial charge in [0.2, 0.25) is 5.91 Å². The monoisotopic (exact) mass is 354 g/mol. The van der Waals surface area contributed by atoms with E-state index in [0.29, 0.717) is 5.01 Å². The minimum Gasteiger partial charge on any atom is -0.481 e. The van der Waals surface area contributed by atoms with Crippen LogP contribution in [0.3, 0.4) is 0 Å². The van der Waals surface area contributed by atoms with Crippen molar-refractivity contribution in [3.05, 3.63) is 71.8 Å². The lowest BCUT2D eigenvalue weighted by Crippen LogP contribution is -2.49. The van der Waals surface area contributed by atoms with Crippen LogP contribution in [0.4, 0.5) is 0 Å². The first-order valence-corrected chi connectivity index (χ1v) is 7.99. The molecule has 26 heavy (non-hydrogen) atoms. The van der Waals surface area contributed by atoms with Crippen LogP contribution >= 0.6 is 0 Å². The Morgan fingerprint density at radius 3 is 1.88 bits per heavy atom. The number of carbonyl (C=O) groups excluding carboxylic acids is 3. The van der Waals surface area contributed by atoms with Crippen molar-refractivity contribution < 1.29 is 24.3 Å². The van der Waals surface area contributed by atoms with E-state index < -0.39 is 23.7 Å². The van der Waals surface area contributed by atoms with E-state index in [-0.39, 0.29) is 30.4 Å². The molecule has 0 aliphatic heterocycles. The summed E-state index contributed by atoms with van der Waals surface area (Å²) in [5.74, 6) is -3.01. The second kappa shape index (κ2) is 9.12. The molecule has 7 heteroatoms. The molecule has 0 bridgehead atoms. The van der Waals surface area contributed by atoms with Crippen molar-refractivity contribution in [1.29, 1.82) is 0 Å². The van der Waals surface area contributed by atoms with E-state index in [9.17, 15) is 19.2 Å². The quantitative estimate of drug-likeness (QED) is 0.775. The second-order valence-electron chi connectivity index (χ2n) is 5.45. The lowest BCUT2D eigenvalue weighted by molar-refractivity contribution is -0.137. The van der Waals surface area contributed by atoms with Gasteiger partial charge in [0.05, 0.1) is 0 Å². The zero-order chi connectivity index (χ0) is 18.9. The van der Waals surface area contributed by atoms with E-state index in [1.54, 1.807) is 48.5 Å². The predicted octanol–water partition coefficient (Wildman–Crippen LogP) is 2.26. The highest BCUT2D eigenvalue weighted by Gasteiger charge is 2.25. The number of nitrogens with one attached hydrogen (secondary N) is 1. The minimum absolute atomic E-state index is 0.0634. The Morgan fingerprint density at radius 1 is 0.808 bits per heavy atom. The minimum atomic E-state index is -1.04. The van der Waals surface area contributed by atoms with E-state index in [1.165, 1.54) is 12.1 Å². The zero-order valence-corrected chi connectivity index (χ0v) is 13.9. The molecule has 0 radical (unpaired) electrons. The molecule has 134 valence electrons. The molecule has 0 aliphatic rings. The SMILES string of the molecule is O=C(O)CCCC(=O)N(NC(=O)c1ccccc1)C(=O)c1ccccc1. The number of carboxylic acids is 1. The molecule has 0 aromatic heterocycles. The fourth-order valence-corrected chi connectivity index (χ4v) is 2.19.